The molecular weight excluding hydrogens is 344 g/mol. The highest BCUT2D eigenvalue weighted by molar-refractivity contribution is 5.79. The number of hydrogen-bond donors (Lipinski definition) is 2. The van der Waals surface area contributed by atoms with Crippen LogP contribution in [0, 0.1) is 0 Å². The maximum absolute atomic E-state index is 5.56. The fourth-order valence-electron chi connectivity index (χ4n) is 2.55. The Kier molecular flexibility index (Phi) is 12.1. The number of guanidine groups is 1. The molecule has 27 heavy (non-hydrogen) atoms. The Morgan fingerprint density at radius 1 is 1.11 bits per heavy atom. The lowest BCUT2D eigenvalue weighted by atomic mass is 10.2. The van der Waals surface area contributed by atoms with Crippen molar-refractivity contribution in [3.8, 4) is 11.5 Å². The van der Waals surface area contributed by atoms with Crippen molar-refractivity contribution < 1.29 is 14.2 Å². The summed E-state index contributed by atoms with van der Waals surface area (Å²) in [5.74, 6) is 2.31. The summed E-state index contributed by atoms with van der Waals surface area (Å²) in [5, 5.41) is 6.67. The fourth-order valence-corrected chi connectivity index (χ4v) is 2.55. The number of benzene rings is 1. The third-order valence-electron chi connectivity index (χ3n) is 3.97. The van der Waals surface area contributed by atoms with Gasteiger partial charge in [0.05, 0.1) is 20.3 Å². The van der Waals surface area contributed by atoms with E-state index < -0.39 is 0 Å². The van der Waals surface area contributed by atoms with Crippen LogP contribution in [0.5, 0.6) is 11.5 Å². The van der Waals surface area contributed by atoms with Gasteiger partial charge >= 0.3 is 0 Å². The van der Waals surface area contributed by atoms with Gasteiger partial charge in [-0.25, -0.2) is 4.99 Å². The summed E-state index contributed by atoms with van der Waals surface area (Å²) in [4.78, 5) is 6.95. The standard InChI is InChI=1S/C20H36N4O3/c1-6-21-20(22-11-13-24(3)12-8-14-25-4)23-16-17-9-10-18(27-7-2)19(15-17)26-5/h9-10,15H,6-8,11-14,16H2,1-5H3,(H2,21,22,23). The van der Waals surface area contributed by atoms with Crippen LogP contribution in [-0.2, 0) is 11.3 Å². The fraction of sp³-hybridized carbons (Fsp3) is 0.650. The number of methoxy groups -OCH3 is 2. The second kappa shape index (κ2) is 14.1. The summed E-state index contributed by atoms with van der Waals surface area (Å²) >= 11 is 0. The highest BCUT2D eigenvalue weighted by Crippen LogP contribution is 2.28. The molecule has 0 aliphatic heterocycles. The molecule has 0 heterocycles. The molecule has 0 amide bonds. The van der Waals surface area contributed by atoms with Gasteiger partial charge in [-0.1, -0.05) is 6.07 Å². The maximum Gasteiger partial charge on any atom is 0.191 e. The molecule has 0 aromatic heterocycles. The Morgan fingerprint density at radius 3 is 2.59 bits per heavy atom. The molecule has 7 heteroatoms. The number of likely N-dealkylation sites (N-methyl/N-ethyl adjacent to an activating group) is 1. The van der Waals surface area contributed by atoms with Crippen molar-refractivity contribution >= 4 is 5.96 Å². The zero-order chi connectivity index (χ0) is 19.9. The summed E-state index contributed by atoms with van der Waals surface area (Å²) in [6.45, 7) is 9.64. The molecule has 1 aromatic rings. The van der Waals surface area contributed by atoms with Crippen LogP contribution in [0.3, 0.4) is 0 Å². The summed E-state index contributed by atoms with van der Waals surface area (Å²) in [6, 6.07) is 5.92. The number of aliphatic imine (C=N–C) groups is 1. The van der Waals surface area contributed by atoms with Gasteiger partial charge in [0.15, 0.2) is 17.5 Å². The van der Waals surface area contributed by atoms with Gasteiger partial charge in [-0.3, -0.25) is 0 Å². The van der Waals surface area contributed by atoms with Crippen LogP contribution in [0.15, 0.2) is 23.2 Å². The van der Waals surface area contributed by atoms with Gasteiger partial charge in [-0.05, 0) is 45.0 Å². The van der Waals surface area contributed by atoms with E-state index >= 15 is 0 Å². The van der Waals surface area contributed by atoms with Crippen LogP contribution >= 0.6 is 0 Å². The lowest BCUT2D eigenvalue weighted by Crippen LogP contribution is -2.41. The highest BCUT2D eigenvalue weighted by Gasteiger charge is 2.06. The lowest BCUT2D eigenvalue weighted by molar-refractivity contribution is 0.180. The van der Waals surface area contributed by atoms with Crippen molar-refractivity contribution in [2.75, 3.05) is 60.7 Å². The molecule has 0 aliphatic rings. The Labute approximate surface area is 164 Å². The molecule has 1 aromatic carbocycles. The van der Waals surface area contributed by atoms with Crippen LogP contribution in [0.2, 0.25) is 0 Å². The molecule has 0 bridgehead atoms. The second-order valence-electron chi connectivity index (χ2n) is 6.19. The van der Waals surface area contributed by atoms with Crippen molar-refractivity contribution in [2.45, 2.75) is 26.8 Å². The number of ether oxygens (including phenoxy) is 3. The molecule has 1 rings (SSSR count). The number of nitrogens with one attached hydrogen (secondary N) is 2. The summed E-state index contributed by atoms with van der Waals surface area (Å²) < 4.78 is 16.1. The van der Waals surface area contributed by atoms with Crippen molar-refractivity contribution in [3.63, 3.8) is 0 Å². The maximum atomic E-state index is 5.56. The molecular formula is C20H36N4O3. The van der Waals surface area contributed by atoms with E-state index in [0.717, 1.165) is 62.2 Å². The van der Waals surface area contributed by atoms with Gasteiger partial charge in [0.25, 0.3) is 0 Å². The van der Waals surface area contributed by atoms with Crippen LogP contribution in [0.1, 0.15) is 25.8 Å². The lowest BCUT2D eigenvalue weighted by Gasteiger charge is -2.18. The number of nitrogens with zero attached hydrogens (tertiary/aromatic N) is 2. The summed E-state index contributed by atoms with van der Waals surface area (Å²) in [5.41, 5.74) is 1.07. The molecule has 0 atom stereocenters. The van der Waals surface area contributed by atoms with Gasteiger partial charge < -0.3 is 29.7 Å². The number of hydrogen-bond acceptors (Lipinski definition) is 5. The van der Waals surface area contributed by atoms with Gasteiger partial charge in [-0.15, -0.1) is 0 Å². The zero-order valence-electron chi connectivity index (χ0n) is 17.5. The monoisotopic (exact) mass is 380 g/mol. The minimum Gasteiger partial charge on any atom is -0.493 e. The smallest absolute Gasteiger partial charge is 0.191 e. The minimum atomic E-state index is 0.571. The van der Waals surface area contributed by atoms with Crippen molar-refractivity contribution in [1.29, 1.82) is 0 Å². The molecule has 0 radical (unpaired) electrons. The third kappa shape index (κ3) is 9.49. The van der Waals surface area contributed by atoms with Crippen molar-refractivity contribution in [3.05, 3.63) is 23.8 Å². The average Bonchev–Trinajstić information content (AvgIpc) is 2.67. The van der Waals surface area contributed by atoms with E-state index in [0.29, 0.717) is 13.2 Å². The van der Waals surface area contributed by atoms with E-state index in [2.05, 4.69) is 34.5 Å². The molecule has 0 aliphatic carbocycles. The predicted molar refractivity (Wildman–Crippen MR) is 111 cm³/mol. The van der Waals surface area contributed by atoms with Gasteiger partial charge in [0.2, 0.25) is 0 Å². The van der Waals surface area contributed by atoms with E-state index in [-0.39, 0.29) is 0 Å². The van der Waals surface area contributed by atoms with E-state index in [1.165, 1.54) is 0 Å². The van der Waals surface area contributed by atoms with Crippen molar-refractivity contribution in [2.24, 2.45) is 4.99 Å². The third-order valence-corrected chi connectivity index (χ3v) is 3.97. The molecule has 7 nitrogen and oxygen atoms in total. The van der Waals surface area contributed by atoms with Crippen LogP contribution in [0.25, 0.3) is 0 Å². The highest BCUT2D eigenvalue weighted by atomic mass is 16.5. The first-order valence-corrected chi connectivity index (χ1v) is 9.63. The normalized spacial score (nSPS) is 11.6. The molecule has 0 unspecified atom stereocenters. The van der Waals surface area contributed by atoms with E-state index in [9.17, 15) is 0 Å². The van der Waals surface area contributed by atoms with E-state index in [1.807, 2.05) is 25.1 Å². The van der Waals surface area contributed by atoms with Crippen LogP contribution < -0.4 is 20.1 Å². The summed E-state index contributed by atoms with van der Waals surface area (Å²) in [7, 11) is 5.51. The second-order valence-corrected chi connectivity index (χ2v) is 6.19. The Morgan fingerprint density at radius 2 is 1.93 bits per heavy atom. The minimum absolute atomic E-state index is 0.571. The first-order valence-electron chi connectivity index (χ1n) is 9.63. The van der Waals surface area contributed by atoms with Gasteiger partial charge in [0.1, 0.15) is 0 Å². The molecule has 154 valence electrons. The van der Waals surface area contributed by atoms with Crippen LogP contribution in [-0.4, -0.2) is 71.5 Å². The topological polar surface area (TPSA) is 67.4 Å². The number of rotatable bonds is 13. The van der Waals surface area contributed by atoms with E-state index in [1.54, 1.807) is 14.2 Å². The Bertz CT molecular complexity index is 552. The van der Waals surface area contributed by atoms with E-state index in [4.69, 9.17) is 14.2 Å². The van der Waals surface area contributed by atoms with Gasteiger partial charge in [-0.2, -0.15) is 0 Å². The quantitative estimate of drug-likeness (QED) is 0.310. The largest absolute Gasteiger partial charge is 0.493 e. The average molecular weight is 381 g/mol. The molecule has 0 spiro atoms. The molecule has 0 saturated heterocycles. The summed E-state index contributed by atoms with van der Waals surface area (Å²) in [6.07, 6.45) is 1.04. The van der Waals surface area contributed by atoms with Gasteiger partial charge in [0, 0.05) is 39.9 Å². The predicted octanol–water partition coefficient (Wildman–Crippen LogP) is 2.12. The molecule has 0 fully saturated rings. The van der Waals surface area contributed by atoms with Crippen molar-refractivity contribution in [1.82, 2.24) is 15.5 Å². The molecule has 0 saturated carbocycles. The SMILES string of the molecule is CCNC(=NCc1ccc(OCC)c(OC)c1)NCCN(C)CCCOC. The Balaban J connectivity index is 2.55. The first kappa shape index (κ1) is 23.0. The van der Waals surface area contributed by atoms with Crippen LogP contribution in [0.4, 0.5) is 0 Å². The molecule has 2 N–H and O–H groups in total. The zero-order valence-corrected chi connectivity index (χ0v) is 17.5. The Hall–Kier alpha value is -1.99. The first-order chi connectivity index (χ1) is 13.1.